The standard InChI is InChI=1S/C19H22F3N7OP/c1-18(2)6-4-11(8-26-18)27-17-24-9-12(19(20,21)22)15(28-17)29-10-25-14-13(29)5-7-23-16(14)31(3)30/h5,7,9-11,26H,4,6,8H2,1-3H3,(H,24,27,28)/q+1/t11-/m0/s1. The highest BCUT2D eigenvalue weighted by Gasteiger charge is 2.37. The molecular weight excluding hydrogens is 430 g/mol. The SMILES string of the molecule is C[P+](=O)c1nccc2c1ncn2-c1nc(N[C@H]2CCC(C)(C)NC2)ncc1C(F)(F)F. The first-order valence-electron chi connectivity index (χ1n) is 9.74. The molecule has 1 unspecified atom stereocenters. The van der Waals surface area contributed by atoms with Gasteiger partial charge in [-0.15, -0.1) is 0 Å². The molecule has 0 radical (unpaired) electrons. The number of piperidine rings is 1. The first-order chi connectivity index (χ1) is 14.5. The molecule has 1 fully saturated rings. The van der Waals surface area contributed by atoms with Crippen molar-refractivity contribution in [3.8, 4) is 5.82 Å². The molecule has 4 rings (SSSR count). The normalized spacial score (nSPS) is 19.4. The van der Waals surface area contributed by atoms with Gasteiger partial charge in [0.05, 0.1) is 5.52 Å². The summed E-state index contributed by atoms with van der Waals surface area (Å²) >= 11 is 0. The number of nitrogens with zero attached hydrogens (tertiary/aromatic N) is 5. The fourth-order valence-electron chi connectivity index (χ4n) is 3.59. The molecule has 31 heavy (non-hydrogen) atoms. The number of hydrogen-bond acceptors (Lipinski definition) is 7. The van der Waals surface area contributed by atoms with Gasteiger partial charge in [0.1, 0.15) is 18.6 Å². The molecule has 1 saturated heterocycles. The second kappa shape index (κ2) is 7.80. The van der Waals surface area contributed by atoms with Crippen LogP contribution in [0.15, 0.2) is 24.8 Å². The number of anilines is 1. The van der Waals surface area contributed by atoms with E-state index in [2.05, 4.69) is 44.4 Å². The van der Waals surface area contributed by atoms with E-state index in [-0.39, 0.29) is 34.3 Å². The third-order valence-electron chi connectivity index (χ3n) is 5.32. The lowest BCUT2D eigenvalue weighted by atomic mass is 9.91. The van der Waals surface area contributed by atoms with Crippen LogP contribution in [0, 0.1) is 0 Å². The maximum Gasteiger partial charge on any atom is 0.421 e. The average molecular weight is 452 g/mol. The van der Waals surface area contributed by atoms with Crippen molar-refractivity contribution in [2.24, 2.45) is 0 Å². The van der Waals surface area contributed by atoms with Gasteiger partial charge in [-0.25, -0.2) is 15.0 Å². The summed E-state index contributed by atoms with van der Waals surface area (Å²) in [4.78, 5) is 16.3. The molecule has 2 N–H and O–H groups in total. The summed E-state index contributed by atoms with van der Waals surface area (Å²) in [5.41, 5.74) is -0.105. The minimum absolute atomic E-state index is 0.00272. The van der Waals surface area contributed by atoms with Crippen molar-refractivity contribution in [3.63, 3.8) is 0 Å². The Morgan fingerprint density at radius 2 is 2.06 bits per heavy atom. The van der Waals surface area contributed by atoms with Gasteiger partial charge in [-0.3, -0.25) is 4.57 Å². The third kappa shape index (κ3) is 4.38. The van der Waals surface area contributed by atoms with Crippen molar-refractivity contribution in [1.82, 2.24) is 29.8 Å². The minimum atomic E-state index is -4.66. The topological polar surface area (TPSA) is 97.6 Å². The van der Waals surface area contributed by atoms with E-state index in [4.69, 9.17) is 0 Å². The molecule has 1 aliphatic heterocycles. The number of halogens is 3. The Labute approximate surface area is 177 Å². The van der Waals surface area contributed by atoms with Crippen molar-refractivity contribution in [1.29, 1.82) is 0 Å². The summed E-state index contributed by atoms with van der Waals surface area (Å²) in [6.45, 7) is 6.34. The van der Waals surface area contributed by atoms with E-state index in [0.717, 1.165) is 19.0 Å². The zero-order chi connectivity index (χ0) is 22.4. The van der Waals surface area contributed by atoms with Crippen molar-refractivity contribution in [2.75, 3.05) is 18.5 Å². The molecule has 164 valence electrons. The second-order valence-corrected chi connectivity index (χ2v) is 9.61. The van der Waals surface area contributed by atoms with Gasteiger partial charge in [0.25, 0.3) is 0 Å². The van der Waals surface area contributed by atoms with Crippen LogP contribution in [-0.4, -0.2) is 49.3 Å². The number of pyridine rings is 1. The third-order valence-corrected chi connectivity index (χ3v) is 6.25. The molecule has 8 nitrogen and oxygen atoms in total. The average Bonchev–Trinajstić information content (AvgIpc) is 3.12. The number of imidazole rings is 1. The van der Waals surface area contributed by atoms with Crippen LogP contribution >= 0.6 is 7.80 Å². The monoisotopic (exact) mass is 452 g/mol. The summed E-state index contributed by atoms with van der Waals surface area (Å²) in [5, 5.41) is 6.53. The number of nitrogens with one attached hydrogen (secondary N) is 2. The maximum atomic E-state index is 13.7. The zero-order valence-corrected chi connectivity index (χ0v) is 18.1. The Balaban J connectivity index is 1.76. The molecule has 0 aromatic carbocycles. The van der Waals surface area contributed by atoms with E-state index < -0.39 is 19.5 Å². The molecule has 3 aromatic rings. The van der Waals surface area contributed by atoms with Crippen LogP contribution < -0.4 is 16.1 Å². The van der Waals surface area contributed by atoms with Crippen LogP contribution in [0.4, 0.5) is 19.1 Å². The first kappa shape index (κ1) is 21.6. The number of rotatable bonds is 4. The molecule has 0 amide bonds. The molecular formula is C19H22F3N7OP+. The van der Waals surface area contributed by atoms with Crippen LogP contribution in [-0.2, 0) is 10.7 Å². The van der Waals surface area contributed by atoms with Crippen molar-refractivity contribution in [3.05, 3.63) is 30.4 Å². The Morgan fingerprint density at radius 1 is 1.29 bits per heavy atom. The van der Waals surface area contributed by atoms with Gasteiger partial charge in [0.2, 0.25) is 5.95 Å². The molecule has 0 bridgehead atoms. The molecule has 0 aliphatic carbocycles. The zero-order valence-electron chi connectivity index (χ0n) is 17.2. The molecule has 12 heteroatoms. The van der Waals surface area contributed by atoms with Gasteiger partial charge < -0.3 is 10.6 Å². The highest BCUT2D eigenvalue weighted by molar-refractivity contribution is 7.52. The van der Waals surface area contributed by atoms with Gasteiger partial charge in [0.15, 0.2) is 11.3 Å². The lowest BCUT2D eigenvalue weighted by molar-refractivity contribution is -0.137. The van der Waals surface area contributed by atoms with Gasteiger partial charge in [-0.05, 0) is 32.8 Å². The summed E-state index contributed by atoms with van der Waals surface area (Å²) < 4.78 is 54.4. The number of alkyl halides is 3. The van der Waals surface area contributed by atoms with Crippen LogP contribution in [0.5, 0.6) is 0 Å². The molecule has 1 aliphatic rings. The van der Waals surface area contributed by atoms with E-state index in [1.54, 1.807) is 0 Å². The Hall–Kier alpha value is -2.65. The maximum absolute atomic E-state index is 13.7. The smallest absolute Gasteiger partial charge is 0.350 e. The van der Waals surface area contributed by atoms with E-state index in [1.165, 1.54) is 29.8 Å². The van der Waals surface area contributed by atoms with E-state index in [1.807, 2.05) is 0 Å². The summed E-state index contributed by atoms with van der Waals surface area (Å²) in [6, 6.07) is 1.52. The predicted molar refractivity (Wildman–Crippen MR) is 111 cm³/mol. The van der Waals surface area contributed by atoms with E-state index in [9.17, 15) is 17.7 Å². The van der Waals surface area contributed by atoms with Crippen molar-refractivity contribution < 1.29 is 17.7 Å². The summed E-state index contributed by atoms with van der Waals surface area (Å²) in [6.07, 6.45) is 0.504. The fourth-order valence-corrected chi connectivity index (χ4v) is 4.28. The second-order valence-electron chi connectivity index (χ2n) is 8.19. The number of hydrogen-bond donors (Lipinski definition) is 2. The summed E-state index contributed by atoms with van der Waals surface area (Å²) in [5.74, 6) is -0.243. The molecule has 4 heterocycles. The lowest BCUT2D eigenvalue weighted by Crippen LogP contribution is -2.50. The van der Waals surface area contributed by atoms with Crippen LogP contribution in [0.1, 0.15) is 32.3 Å². The van der Waals surface area contributed by atoms with Crippen molar-refractivity contribution in [2.45, 2.75) is 44.4 Å². The van der Waals surface area contributed by atoms with E-state index >= 15 is 0 Å². The highest BCUT2D eigenvalue weighted by atomic mass is 31.1. The van der Waals surface area contributed by atoms with Gasteiger partial charge in [-0.2, -0.15) is 18.2 Å². The number of aromatic nitrogens is 5. The Bertz CT molecular complexity index is 1140. The fraction of sp³-hybridized carbons (Fsp3) is 0.474. The largest absolute Gasteiger partial charge is 0.421 e. The molecule has 0 spiro atoms. The lowest BCUT2D eigenvalue weighted by Gasteiger charge is -2.36. The quantitative estimate of drug-likeness (QED) is 0.587. The van der Waals surface area contributed by atoms with Crippen molar-refractivity contribution >= 4 is 30.2 Å². The molecule has 0 saturated carbocycles. The van der Waals surface area contributed by atoms with Crippen LogP contribution in [0.3, 0.4) is 0 Å². The highest BCUT2D eigenvalue weighted by Crippen LogP contribution is 2.34. The first-order valence-corrected chi connectivity index (χ1v) is 11.4. The summed E-state index contributed by atoms with van der Waals surface area (Å²) in [7, 11) is -1.82. The Kier molecular flexibility index (Phi) is 5.43. The minimum Gasteiger partial charge on any atom is -0.350 e. The molecule has 3 aromatic heterocycles. The predicted octanol–water partition coefficient (Wildman–Crippen LogP) is 3.25. The van der Waals surface area contributed by atoms with E-state index in [0.29, 0.717) is 12.1 Å². The van der Waals surface area contributed by atoms with Gasteiger partial charge in [0, 0.05) is 30.5 Å². The Morgan fingerprint density at radius 3 is 2.71 bits per heavy atom. The van der Waals surface area contributed by atoms with Gasteiger partial charge in [-0.1, -0.05) is 4.57 Å². The number of fused-ring (bicyclic) bond motifs is 1. The molecule has 2 atom stereocenters. The van der Waals surface area contributed by atoms with Crippen LogP contribution in [0.25, 0.3) is 16.9 Å². The van der Waals surface area contributed by atoms with Crippen LogP contribution in [0.2, 0.25) is 0 Å². The van der Waals surface area contributed by atoms with Gasteiger partial charge >= 0.3 is 19.4 Å².